The van der Waals surface area contributed by atoms with Gasteiger partial charge in [-0.25, -0.2) is 0 Å². The summed E-state index contributed by atoms with van der Waals surface area (Å²) in [6.45, 7) is 1.03. The van der Waals surface area contributed by atoms with Crippen LogP contribution >= 0.6 is 0 Å². The lowest BCUT2D eigenvalue weighted by Gasteiger charge is -2.18. The second-order valence-corrected chi connectivity index (χ2v) is 6.99. The molecule has 3 aromatic heterocycles. The predicted molar refractivity (Wildman–Crippen MR) is 112 cm³/mol. The minimum Gasteiger partial charge on any atom is -0.321 e. The number of carbonyl (C=O) groups is 1. The Bertz CT molecular complexity index is 1240. The molecule has 3 heterocycles. The number of nitrogens with zero attached hydrogens (tertiary/aromatic N) is 5. The highest BCUT2D eigenvalue weighted by Crippen LogP contribution is 2.33. The molecule has 0 aliphatic heterocycles. The molecule has 0 saturated carbocycles. The molecular formula is C22H17F3N6O. The molecule has 0 aliphatic rings. The van der Waals surface area contributed by atoms with Gasteiger partial charge in [0, 0.05) is 35.4 Å². The number of halogens is 3. The number of aromatic nitrogens is 5. The van der Waals surface area contributed by atoms with E-state index in [9.17, 15) is 18.0 Å². The number of rotatable bonds is 5. The van der Waals surface area contributed by atoms with E-state index in [4.69, 9.17) is 0 Å². The fourth-order valence-electron chi connectivity index (χ4n) is 3.09. The highest BCUT2D eigenvalue weighted by Gasteiger charge is 2.38. The first kappa shape index (κ1) is 21.2. The van der Waals surface area contributed by atoms with Gasteiger partial charge in [-0.05, 0) is 42.8 Å². The summed E-state index contributed by atoms with van der Waals surface area (Å²) in [6, 6.07) is 11.6. The van der Waals surface area contributed by atoms with Gasteiger partial charge in [0.15, 0.2) is 5.82 Å². The van der Waals surface area contributed by atoms with Crippen molar-refractivity contribution in [1.82, 2.24) is 24.7 Å². The molecule has 1 atom stereocenters. The van der Waals surface area contributed by atoms with Crippen molar-refractivity contribution >= 4 is 11.6 Å². The molecule has 0 radical (unpaired) electrons. The molecule has 32 heavy (non-hydrogen) atoms. The fraction of sp³-hybridized carbons (Fsp3) is 0.136. The molecule has 0 saturated heterocycles. The second-order valence-electron chi connectivity index (χ2n) is 6.99. The Morgan fingerprint density at radius 2 is 1.84 bits per heavy atom. The summed E-state index contributed by atoms with van der Waals surface area (Å²) in [7, 11) is 0. The van der Waals surface area contributed by atoms with E-state index in [0.29, 0.717) is 11.3 Å². The van der Waals surface area contributed by atoms with Crippen LogP contribution in [0.5, 0.6) is 0 Å². The van der Waals surface area contributed by atoms with Gasteiger partial charge in [0.2, 0.25) is 0 Å². The average molecular weight is 438 g/mol. The van der Waals surface area contributed by atoms with Crippen molar-refractivity contribution in [2.24, 2.45) is 0 Å². The third kappa shape index (κ3) is 4.48. The van der Waals surface area contributed by atoms with Gasteiger partial charge in [0.05, 0.1) is 0 Å². The van der Waals surface area contributed by atoms with Crippen LogP contribution < -0.4 is 5.32 Å². The topological polar surface area (TPSA) is 85.6 Å². The predicted octanol–water partition coefficient (Wildman–Crippen LogP) is 4.78. The molecule has 7 nitrogen and oxygen atoms in total. The van der Waals surface area contributed by atoms with Crippen molar-refractivity contribution < 1.29 is 18.0 Å². The molecule has 0 fully saturated rings. The molecule has 0 bridgehead atoms. The van der Waals surface area contributed by atoms with Gasteiger partial charge < -0.3 is 9.88 Å². The van der Waals surface area contributed by atoms with Crippen LogP contribution in [0.3, 0.4) is 0 Å². The van der Waals surface area contributed by atoms with Crippen molar-refractivity contribution in [2.75, 3.05) is 5.32 Å². The van der Waals surface area contributed by atoms with Gasteiger partial charge in [0.25, 0.3) is 5.91 Å². The minimum atomic E-state index is -4.45. The summed E-state index contributed by atoms with van der Waals surface area (Å²) >= 11 is 0. The summed E-state index contributed by atoms with van der Waals surface area (Å²) in [5.74, 6) is -0.416. The van der Waals surface area contributed by atoms with Crippen LogP contribution in [-0.4, -0.2) is 36.8 Å². The molecule has 0 aliphatic carbocycles. The zero-order valence-corrected chi connectivity index (χ0v) is 16.8. The van der Waals surface area contributed by atoms with E-state index in [-0.39, 0.29) is 11.5 Å². The van der Waals surface area contributed by atoms with Crippen molar-refractivity contribution in [3.8, 4) is 22.5 Å². The van der Waals surface area contributed by atoms with Gasteiger partial charge in [-0.15, -0.1) is 10.2 Å². The Balaban J connectivity index is 1.57. The lowest BCUT2D eigenvalue weighted by molar-refractivity contribution is -0.162. The minimum absolute atomic E-state index is 0.0441. The third-order valence-corrected chi connectivity index (χ3v) is 4.83. The van der Waals surface area contributed by atoms with Gasteiger partial charge in [0.1, 0.15) is 18.1 Å². The smallest absolute Gasteiger partial charge is 0.321 e. The number of alkyl halides is 3. The van der Waals surface area contributed by atoms with Crippen molar-refractivity contribution in [2.45, 2.75) is 19.1 Å². The first-order chi connectivity index (χ1) is 15.3. The first-order valence-electron chi connectivity index (χ1n) is 9.57. The normalized spacial score (nSPS) is 12.4. The SMILES string of the molecule is C[C@@H](n1cnnc1-c1cccc(NC(=O)c2cc(-c3cccnc3)ccn2)c1)C(F)(F)F. The van der Waals surface area contributed by atoms with Crippen LogP contribution in [0.1, 0.15) is 23.5 Å². The van der Waals surface area contributed by atoms with Gasteiger partial charge in [-0.3, -0.25) is 14.8 Å². The fourth-order valence-corrected chi connectivity index (χ4v) is 3.09. The first-order valence-corrected chi connectivity index (χ1v) is 9.57. The molecule has 1 N–H and O–H groups in total. The number of hydrogen-bond donors (Lipinski definition) is 1. The molecule has 4 rings (SSSR count). The van der Waals surface area contributed by atoms with Crippen LogP contribution in [0, 0.1) is 0 Å². The Hall–Kier alpha value is -4.08. The maximum Gasteiger partial charge on any atom is 0.408 e. The van der Waals surface area contributed by atoms with Crippen LogP contribution in [0.15, 0.2) is 73.4 Å². The Kier molecular flexibility index (Phi) is 5.67. The zero-order chi connectivity index (χ0) is 22.7. The van der Waals surface area contributed by atoms with E-state index in [1.54, 1.807) is 48.8 Å². The molecule has 10 heteroatoms. The van der Waals surface area contributed by atoms with E-state index in [0.717, 1.165) is 28.9 Å². The number of benzene rings is 1. The standard InChI is InChI=1S/C22H17F3N6O/c1-14(22(23,24)25)31-13-28-30-20(31)16-4-2-6-18(10-16)29-21(32)19-11-15(7-9-27-19)17-5-3-8-26-12-17/h2-14H,1H3,(H,29,32)/t14-/m1/s1. The Morgan fingerprint density at radius 3 is 2.59 bits per heavy atom. The average Bonchev–Trinajstić information content (AvgIpc) is 3.28. The quantitative estimate of drug-likeness (QED) is 0.485. The molecule has 0 unspecified atom stereocenters. The lowest BCUT2D eigenvalue weighted by Crippen LogP contribution is -2.24. The number of anilines is 1. The molecular weight excluding hydrogens is 421 g/mol. The second kappa shape index (κ2) is 8.58. The van der Waals surface area contributed by atoms with Gasteiger partial charge >= 0.3 is 6.18 Å². The number of nitrogens with one attached hydrogen (secondary N) is 1. The number of carbonyl (C=O) groups excluding carboxylic acids is 1. The Labute approximate surface area is 181 Å². The van der Waals surface area contributed by atoms with E-state index in [2.05, 4.69) is 25.5 Å². The van der Waals surface area contributed by atoms with Crippen LogP contribution in [0.4, 0.5) is 18.9 Å². The number of pyridine rings is 2. The van der Waals surface area contributed by atoms with Crippen LogP contribution in [0.25, 0.3) is 22.5 Å². The lowest BCUT2D eigenvalue weighted by atomic mass is 10.1. The summed E-state index contributed by atoms with van der Waals surface area (Å²) in [4.78, 5) is 20.9. The highest BCUT2D eigenvalue weighted by atomic mass is 19.4. The van der Waals surface area contributed by atoms with Crippen molar-refractivity contribution in [3.63, 3.8) is 0 Å². The maximum atomic E-state index is 13.2. The highest BCUT2D eigenvalue weighted by molar-refractivity contribution is 6.03. The van der Waals surface area contributed by atoms with Gasteiger partial charge in [-0.2, -0.15) is 13.2 Å². The summed E-state index contributed by atoms with van der Waals surface area (Å²) in [5, 5.41) is 10.2. The van der Waals surface area contributed by atoms with Crippen molar-refractivity contribution in [3.05, 3.63) is 79.1 Å². The summed E-state index contributed by atoms with van der Waals surface area (Å²) in [6.07, 6.45) is 1.44. The van der Waals surface area contributed by atoms with Crippen molar-refractivity contribution in [1.29, 1.82) is 0 Å². The van der Waals surface area contributed by atoms with Crippen LogP contribution in [0.2, 0.25) is 0 Å². The maximum absolute atomic E-state index is 13.2. The molecule has 1 aromatic carbocycles. The van der Waals surface area contributed by atoms with Gasteiger partial charge in [-0.1, -0.05) is 18.2 Å². The van der Waals surface area contributed by atoms with E-state index in [1.165, 1.54) is 12.3 Å². The zero-order valence-electron chi connectivity index (χ0n) is 16.8. The molecule has 0 spiro atoms. The summed E-state index contributed by atoms with van der Waals surface area (Å²) in [5.41, 5.74) is 2.57. The van der Waals surface area contributed by atoms with E-state index in [1.807, 2.05) is 6.07 Å². The molecule has 162 valence electrons. The molecule has 1 amide bonds. The van der Waals surface area contributed by atoms with E-state index >= 15 is 0 Å². The van der Waals surface area contributed by atoms with E-state index < -0.39 is 18.1 Å². The van der Waals surface area contributed by atoms with Crippen LogP contribution in [-0.2, 0) is 0 Å². The number of hydrogen-bond acceptors (Lipinski definition) is 5. The largest absolute Gasteiger partial charge is 0.408 e. The monoisotopic (exact) mass is 438 g/mol. The number of amides is 1. The molecule has 4 aromatic rings. The third-order valence-electron chi connectivity index (χ3n) is 4.83. The Morgan fingerprint density at radius 1 is 1.03 bits per heavy atom. The summed E-state index contributed by atoms with van der Waals surface area (Å²) < 4.78 is 40.4.